The number of nitrogens with one attached hydrogen (secondary N) is 1. The number of para-hydroxylation sites is 1. The van der Waals surface area contributed by atoms with Crippen molar-refractivity contribution in [3.8, 4) is 0 Å². The van der Waals surface area contributed by atoms with Gasteiger partial charge in [-0.15, -0.1) is 0 Å². The van der Waals surface area contributed by atoms with Crippen LogP contribution in [0.5, 0.6) is 0 Å². The topological polar surface area (TPSA) is 75.7 Å². The van der Waals surface area contributed by atoms with Gasteiger partial charge in [0.05, 0.1) is 13.5 Å². The van der Waals surface area contributed by atoms with Gasteiger partial charge in [0.1, 0.15) is 6.04 Å². The molecule has 116 valence electrons. The van der Waals surface area contributed by atoms with Gasteiger partial charge in [-0.2, -0.15) is 0 Å². The summed E-state index contributed by atoms with van der Waals surface area (Å²) >= 11 is 0. The van der Waals surface area contributed by atoms with Crippen molar-refractivity contribution in [3.63, 3.8) is 0 Å². The highest BCUT2D eigenvalue weighted by atomic mass is 16.5. The summed E-state index contributed by atoms with van der Waals surface area (Å²) in [6, 6.07) is 7.11. The molecule has 2 aliphatic rings. The lowest BCUT2D eigenvalue weighted by molar-refractivity contribution is -0.141. The van der Waals surface area contributed by atoms with Gasteiger partial charge in [0.25, 0.3) is 0 Å². The van der Waals surface area contributed by atoms with Crippen molar-refractivity contribution in [1.29, 1.82) is 0 Å². The molecule has 0 spiro atoms. The van der Waals surface area contributed by atoms with Gasteiger partial charge in [-0.05, 0) is 18.1 Å². The summed E-state index contributed by atoms with van der Waals surface area (Å²) in [5.41, 5.74) is 1.80. The number of nitrogens with zero attached hydrogens (tertiary/aromatic N) is 1. The van der Waals surface area contributed by atoms with Crippen LogP contribution in [-0.4, -0.2) is 37.5 Å². The van der Waals surface area contributed by atoms with Crippen LogP contribution in [0.1, 0.15) is 30.7 Å². The van der Waals surface area contributed by atoms with Gasteiger partial charge in [-0.25, -0.2) is 0 Å². The van der Waals surface area contributed by atoms with Crippen molar-refractivity contribution in [1.82, 2.24) is 5.32 Å². The largest absolute Gasteiger partial charge is 0.469 e. The standard InChI is InChI=1S/C16H18N2O4/c1-22-15(20)8-10-9-18(13-5-3-2-4-11(10)13)16(21)12-6-7-14(19)17-12/h2-5,10,12H,6-9H2,1H3,(H,17,19). The number of carbonyl (C=O) groups excluding carboxylic acids is 3. The third kappa shape index (κ3) is 2.56. The molecule has 3 rings (SSSR count). The van der Waals surface area contributed by atoms with Crippen LogP contribution in [0.4, 0.5) is 5.69 Å². The van der Waals surface area contributed by atoms with E-state index in [-0.39, 0.29) is 30.1 Å². The van der Waals surface area contributed by atoms with Crippen LogP contribution in [0.15, 0.2) is 24.3 Å². The second kappa shape index (κ2) is 5.79. The van der Waals surface area contributed by atoms with E-state index < -0.39 is 6.04 Å². The smallest absolute Gasteiger partial charge is 0.306 e. The number of esters is 1. The molecule has 1 N–H and O–H groups in total. The first-order chi connectivity index (χ1) is 10.6. The van der Waals surface area contributed by atoms with Crippen LogP contribution in [0.2, 0.25) is 0 Å². The van der Waals surface area contributed by atoms with Crippen molar-refractivity contribution in [3.05, 3.63) is 29.8 Å². The lowest BCUT2D eigenvalue weighted by atomic mass is 9.98. The second-order valence-electron chi connectivity index (χ2n) is 5.64. The van der Waals surface area contributed by atoms with Gasteiger partial charge in [0, 0.05) is 24.6 Å². The number of carbonyl (C=O) groups is 3. The van der Waals surface area contributed by atoms with E-state index in [0.717, 1.165) is 11.3 Å². The number of rotatable bonds is 3. The van der Waals surface area contributed by atoms with E-state index in [1.54, 1.807) is 4.90 Å². The first-order valence-electron chi connectivity index (χ1n) is 7.36. The van der Waals surface area contributed by atoms with Gasteiger partial charge in [0.15, 0.2) is 0 Å². The first kappa shape index (κ1) is 14.6. The maximum Gasteiger partial charge on any atom is 0.306 e. The molecule has 2 amide bonds. The Bertz CT molecular complexity index is 628. The Morgan fingerprint density at radius 1 is 1.36 bits per heavy atom. The molecular weight excluding hydrogens is 284 g/mol. The number of ether oxygens (including phenoxy) is 1. The maximum absolute atomic E-state index is 12.7. The van der Waals surface area contributed by atoms with E-state index in [2.05, 4.69) is 5.32 Å². The zero-order valence-electron chi connectivity index (χ0n) is 12.4. The number of anilines is 1. The van der Waals surface area contributed by atoms with Crippen LogP contribution < -0.4 is 10.2 Å². The molecule has 2 unspecified atom stereocenters. The molecule has 1 aromatic carbocycles. The maximum atomic E-state index is 12.7. The van der Waals surface area contributed by atoms with Gasteiger partial charge < -0.3 is 15.0 Å². The Morgan fingerprint density at radius 2 is 2.14 bits per heavy atom. The van der Waals surface area contributed by atoms with Crippen molar-refractivity contribution in [2.45, 2.75) is 31.2 Å². The van der Waals surface area contributed by atoms with Gasteiger partial charge in [-0.1, -0.05) is 18.2 Å². The first-order valence-corrected chi connectivity index (χ1v) is 7.36. The highest BCUT2D eigenvalue weighted by Crippen LogP contribution is 2.38. The van der Waals surface area contributed by atoms with Gasteiger partial charge in [0.2, 0.25) is 11.8 Å². The third-order valence-electron chi connectivity index (χ3n) is 4.27. The van der Waals surface area contributed by atoms with Crippen LogP contribution in [-0.2, 0) is 19.1 Å². The minimum atomic E-state index is -0.461. The number of hydrogen-bond acceptors (Lipinski definition) is 4. The molecule has 0 radical (unpaired) electrons. The predicted molar refractivity (Wildman–Crippen MR) is 79.3 cm³/mol. The lowest BCUT2D eigenvalue weighted by Gasteiger charge is -2.21. The van der Waals surface area contributed by atoms with Crippen molar-refractivity contribution < 1.29 is 19.1 Å². The summed E-state index contributed by atoms with van der Waals surface area (Å²) in [6.07, 6.45) is 1.16. The molecule has 6 nitrogen and oxygen atoms in total. The molecule has 22 heavy (non-hydrogen) atoms. The summed E-state index contributed by atoms with van der Waals surface area (Å²) in [5, 5.41) is 2.71. The summed E-state index contributed by atoms with van der Waals surface area (Å²) in [4.78, 5) is 37.2. The molecule has 1 saturated heterocycles. The average molecular weight is 302 g/mol. The highest BCUT2D eigenvalue weighted by molar-refractivity contribution is 6.02. The SMILES string of the molecule is COC(=O)CC1CN(C(=O)C2CCC(=O)N2)c2ccccc21. The zero-order valence-corrected chi connectivity index (χ0v) is 12.4. The lowest BCUT2D eigenvalue weighted by Crippen LogP contribution is -2.44. The van der Waals surface area contributed by atoms with E-state index in [1.807, 2.05) is 24.3 Å². The molecule has 1 aromatic rings. The zero-order chi connectivity index (χ0) is 15.7. The number of fused-ring (bicyclic) bond motifs is 1. The van der Waals surface area contributed by atoms with Crippen molar-refractivity contribution in [2.75, 3.05) is 18.6 Å². The number of amides is 2. The van der Waals surface area contributed by atoms with Gasteiger partial charge >= 0.3 is 5.97 Å². The van der Waals surface area contributed by atoms with Crippen LogP contribution in [0, 0.1) is 0 Å². The summed E-state index contributed by atoms with van der Waals surface area (Å²) < 4.78 is 4.74. The quantitative estimate of drug-likeness (QED) is 0.844. The van der Waals surface area contributed by atoms with Crippen molar-refractivity contribution in [2.24, 2.45) is 0 Å². The fourth-order valence-corrected chi connectivity index (χ4v) is 3.15. The van der Waals surface area contributed by atoms with Crippen molar-refractivity contribution >= 4 is 23.5 Å². The molecule has 1 fully saturated rings. The average Bonchev–Trinajstić information content (AvgIpc) is 3.11. The van der Waals surface area contributed by atoms with Crippen LogP contribution in [0.3, 0.4) is 0 Å². The molecule has 6 heteroatoms. The molecular formula is C16H18N2O4. The van der Waals surface area contributed by atoms with E-state index in [9.17, 15) is 14.4 Å². The molecule has 2 aliphatic heterocycles. The Morgan fingerprint density at radius 3 is 2.82 bits per heavy atom. The minimum absolute atomic E-state index is 0.0651. The summed E-state index contributed by atoms with van der Waals surface area (Å²) in [5.74, 6) is -0.546. The molecule has 2 heterocycles. The molecule has 0 aromatic heterocycles. The fourth-order valence-electron chi connectivity index (χ4n) is 3.15. The molecule has 0 saturated carbocycles. The third-order valence-corrected chi connectivity index (χ3v) is 4.27. The van der Waals surface area contributed by atoms with Crippen LogP contribution in [0.25, 0.3) is 0 Å². The normalized spacial score (nSPS) is 23.1. The molecule has 0 aliphatic carbocycles. The Balaban J connectivity index is 1.83. The monoisotopic (exact) mass is 302 g/mol. The van der Waals surface area contributed by atoms with E-state index in [1.165, 1.54) is 7.11 Å². The Kier molecular flexibility index (Phi) is 3.83. The van der Waals surface area contributed by atoms with Crippen LogP contribution >= 0.6 is 0 Å². The fraction of sp³-hybridized carbons (Fsp3) is 0.438. The summed E-state index contributed by atoms with van der Waals surface area (Å²) in [6.45, 7) is 0.444. The van der Waals surface area contributed by atoms with Gasteiger partial charge in [-0.3, -0.25) is 14.4 Å². The number of methoxy groups -OCH3 is 1. The summed E-state index contributed by atoms with van der Waals surface area (Å²) in [7, 11) is 1.36. The number of hydrogen-bond donors (Lipinski definition) is 1. The minimum Gasteiger partial charge on any atom is -0.469 e. The van der Waals surface area contributed by atoms with E-state index in [4.69, 9.17) is 4.74 Å². The predicted octanol–water partition coefficient (Wildman–Crippen LogP) is 0.958. The molecule has 2 atom stereocenters. The molecule has 0 bridgehead atoms. The number of benzene rings is 1. The highest BCUT2D eigenvalue weighted by Gasteiger charge is 2.38. The van der Waals surface area contributed by atoms with E-state index in [0.29, 0.717) is 19.4 Å². The van der Waals surface area contributed by atoms with E-state index >= 15 is 0 Å². The Labute approximate surface area is 128 Å². The second-order valence-corrected chi connectivity index (χ2v) is 5.64. The Hall–Kier alpha value is -2.37.